The Morgan fingerprint density at radius 2 is 2.11 bits per heavy atom. The fraction of sp³-hybridized carbons (Fsp3) is 0.143. The first-order valence-corrected chi connectivity index (χ1v) is 6.59. The van der Waals surface area contributed by atoms with E-state index in [4.69, 9.17) is 5.21 Å². The number of hydrogen-bond donors (Lipinski definition) is 1. The second-order valence-corrected chi connectivity index (χ2v) is 4.87. The molecule has 0 saturated carbocycles. The molecule has 0 bridgehead atoms. The maximum Gasteiger partial charge on any atom is 0.0992 e. The normalized spacial score (nSPS) is 10.9. The van der Waals surface area contributed by atoms with Crippen LogP contribution in [0.2, 0.25) is 0 Å². The molecule has 0 saturated heterocycles. The molecule has 0 amide bonds. The number of aromatic nitrogens is 1. The molecule has 0 aliphatic rings. The molecule has 0 spiro atoms. The Morgan fingerprint density at radius 3 is 2.78 bits per heavy atom. The van der Waals surface area contributed by atoms with Gasteiger partial charge in [-0.2, -0.15) is 0 Å². The molecule has 18 heavy (non-hydrogen) atoms. The first-order chi connectivity index (χ1) is 8.79. The monoisotopic (exact) mass is 258 g/mol. The van der Waals surface area contributed by atoms with Crippen molar-refractivity contribution in [2.24, 2.45) is 5.16 Å². The van der Waals surface area contributed by atoms with Crippen LogP contribution in [0.15, 0.2) is 52.8 Å². The number of benzene rings is 1. The first kappa shape index (κ1) is 12.6. The smallest absolute Gasteiger partial charge is 0.0992 e. The van der Waals surface area contributed by atoms with Crippen molar-refractivity contribution in [1.82, 2.24) is 4.98 Å². The molecule has 0 atom stereocenters. The van der Waals surface area contributed by atoms with Gasteiger partial charge in [0.15, 0.2) is 0 Å². The maximum absolute atomic E-state index is 8.47. The van der Waals surface area contributed by atoms with Crippen molar-refractivity contribution in [3.05, 3.63) is 59.3 Å². The first-order valence-electron chi connectivity index (χ1n) is 5.60. The van der Waals surface area contributed by atoms with Crippen LogP contribution in [0.3, 0.4) is 0 Å². The predicted molar refractivity (Wildman–Crippen MR) is 74.4 cm³/mol. The number of rotatable bonds is 4. The van der Waals surface area contributed by atoms with Crippen LogP contribution in [0.1, 0.15) is 16.7 Å². The summed E-state index contributed by atoms with van der Waals surface area (Å²) in [6, 6.07) is 12.3. The zero-order valence-corrected chi connectivity index (χ0v) is 10.9. The Bertz CT molecular complexity index is 541. The highest BCUT2D eigenvalue weighted by atomic mass is 32.2. The Balaban J connectivity index is 2.06. The molecular weight excluding hydrogens is 244 g/mol. The molecular formula is C14H14N2OS. The quantitative estimate of drug-likeness (QED) is 0.395. The maximum atomic E-state index is 8.47. The van der Waals surface area contributed by atoms with E-state index in [1.807, 2.05) is 31.2 Å². The minimum atomic E-state index is 0.805. The third-order valence-electron chi connectivity index (χ3n) is 2.48. The van der Waals surface area contributed by atoms with E-state index in [0.717, 1.165) is 21.9 Å². The van der Waals surface area contributed by atoms with Gasteiger partial charge in [0.2, 0.25) is 0 Å². The summed E-state index contributed by atoms with van der Waals surface area (Å²) in [7, 11) is 0. The lowest BCUT2D eigenvalue weighted by Crippen LogP contribution is -1.91. The van der Waals surface area contributed by atoms with Crippen molar-refractivity contribution in [3.8, 4) is 0 Å². The third-order valence-corrected chi connectivity index (χ3v) is 3.66. The average Bonchev–Trinajstić information content (AvgIpc) is 2.39. The summed E-state index contributed by atoms with van der Waals surface area (Å²) < 4.78 is 0. The summed E-state index contributed by atoms with van der Waals surface area (Å²) in [5.41, 5.74) is 3.18. The van der Waals surface area contributed by atoms with E-state index in [9.17, 15) is 0 Å². The van der Waals surface area contributed by atoms with Gasteiger partial charge in [-0.25, -0.2) is 4.98 Å². The van der Waals surface area contributed by atoms with Gasteiger partial charge < -0.3 is 5.21 Å². The predicted octanol–water partition coefficient (Wildman–Crippen LogP) is 3.49. The average molecular weight is 258 g/mol. The molecule has 2 rings (SSSR count). The number of aryl methyl sites for hydroxylation is 1. The Labute approximate surface area is 111 Å². The van der Waals surface area contributed by atoms with Crippen LogP contribution < -0.4 is 0 Å². The van der Waals surface area contributed by atoms with E-state index in [-0.39, 0.29) is 0 Å². The molecule has 0 unspecified atom stereocenters. The van der Waals surface area contributed by atoms with E-state index in [1.165, 1.54) is 11.8 Å². The van der Waals surface area contributed by atoms with E-state index < -0.39 is 0 Å². The van der Waals surface area contributed by atoms with Gasteiger partial charge >= 0.3 is 0 Å². The van der Waals surface area contributed by atoms with Gasteiger partial charge in [0.05, 0.1) is 11.2 Å². The summed E-state index contributed by atoms with van der Waals surface area (Å²) in [6.45, 7) is 2.01. The highest BCUT2D eigenvalue weighted by Crippen LogP contribution is 2.24. The molecule has 0 fully saturated rings. The second-order valence-electron chi connectivity index (χ2n) is 3.91. The van der Waals surface area contributed by atoms with E-state index in [1.54, 1.807) is 18.0 Å². The Hall–Kier alpha value is -1.81. The molecule has 1 aromatic carbocycles. The Kier molecular flexibility index (Phi) is 4.36. The lowest BCUT2D eigenvalue weighted by Gasteiger charge is -2.05. The number of oxime groups is 1. The summed E-state index contributed by atoms with van der Waals surface area (Å²) in [5, 5.41) is 12.5. The highest BCUT2D eigenvalue weighted by Gasteiger charge is 2.02. The lowest BCUT2D eigenvalue weighted by atomic mass is 10.2. The highest BCUT2D eigenvalue weighted by molar-refractivity contribution is 7.98. The molecule has 4 heteroatoms. The van der Waals surface area contributed by atoms with Crippen molar-refractivity contribution >= 4 is 18.0 Å². The van der Waals surface area contributed by atoms with Crippen molar-refractivity contribution in [1.29, 1.82) is 0 Å². The van der Waals surface area contributed by atoms with E-state index in [0.29, 0.717) is 0 Å². The van der Waals surface area contributed by atoms with Gasteiger partial charge in [-0.15, -0.1) is 11.8 Å². The second kappa shape index (κ2) is 6.21. The molecule has 0 radical (unpaired) electrons. The molecule has 1 heterocycles. The van der Waals surface area contributed by atoms with Gasteiger partial charge in [0.25, 0.3) is 0 Å². The summed E-state index contributed by atoms with van der Waals surface area (Å²) in [4.78, 5) is 4.37. The summed E-state index contributed by atoms with van der Waals surface area (Å²) in [6.07, 6.45) is 3.09. The molecule has 0 aliphatic heterocycles. The number of pyridine rings is 1. The van der Waals surface area contributed by atoms with Gasteiger partial charge in [0, 0.05) is 17.5 Å². The van der Waals surface area contributed by atoms with Crippen molar-refractivity contribution in [2.45, 2.75) is 17.7 Å². The van der Waals surface area contributed by atoms with Crippen LogP contribution in [0.5, 0.6) is 0 Å². The number of hydrogen-bond acceptors (Lipinski definition) is 4. The minimum Gasteiger partial charge on any atom is -0.411 e. The molecule has 0 aliphatic carbocycles. The van der Waals surface area contributed by atoms with E-state index >= 15 is 0 Å². The van der Waals surface area contributed by atoms with Gasteiger partial charge in [-0.1, -0.05) is 35.5 Å². The van der Waals surface area contributed by atoms with Crippen LogP contribution in [-0.2, 0) is 5.75 Å². The van der Waals surface area contributed by atoms with Crippen molar-refractivity contribution in [2.75, 3.05) is 0 Å². The SMILES string of the molecule is Cc1cc(/C=N/O)cnc1SCc1ccccc1. The largest absolute Gasteiger partial charge is 0.411 e. The number of thioether (sulfide) groups is 1. The Morgan fingerprint density at radius 1 is 1.33 bits per heavy atom. The van der Waals surface area contributed by atoms with Crippen molar-refractivity contribution in [3.63, 3.8) is 0 Å². The molecule has 3 nitrogen and oxygen atoms in total. The minimum absolute atomic E-state index is 0.805. The van der Waals surface area contributed by atoms with Crippen molar-refractivity contribution < 1.29 is 5.21 Å². The standard InChI is InChI=1S/C14H14N2OS/c1-11-7-13(9-16-17)8-15-14(11)18-10-12-5-3-2-4-6-12/h2-9,17H,10H2,1H3/b16-9+. The van der Waals surface area contributed by atoms with Crippen LogP contribution in [-0.4, -0.2) is 16.4 Å². The topological polar surface area (TPSA) is 45.5 Å². The van der Waals surface area contributed by atoms with Gasteiger partial charge in [-0.05, 0) is 24.1 Å². The molecule has 2 aromatic rings. The van der Waals surface area contributed by atoms with Crippen LogP contribution in [0, 0.1) is 6.92 Å². The lowest BCUT2D eigenvalue weighted by molar-refractivity contribution is 0.322. The van der Waals surface area contributed by atoms with Crippen LogP contribution in [0.4, 0.5) is 0 Å². The zero-order valence-electron chi connectivity index (χ0n) is 10.1. The molecule has 92 valence electrons. The number of nitrogens with zero attached hydrogens (tertiary/aromatic N) is 2. The fourth-order valence-electron chi connectivity index (χ4n) is 1.60. The van der Waals surface area contributed by atoms with Gasteiger partial charge in [-0.3, -0.25) is 0 Å². The third kappa shape index (κ3) is 3.34. The molecule has 1 N–H and O–H groups in total. The van der Waals surface area contributed by atoms with E-state index in [2.05, 4.69) is 22.3 Å². The summed E-state index contributed by atoms with van der Waals surface area (Å²) >= 11 is 1.71. The van der Waals surface area contributed by atoms with Crippen LogP contribution >= 0.6 is 11.8 Å². The molecule has 1 aromatic heterocycles. The van der Waals surface area contributed by atoms with Crippen LogP contribution in [0.25, 0.3) is 0 Å². The zero-order chi connectivity index (χ0) is 12.8. The fourth-order valence-corrected chi connectivity index (χ4v) is 2.51. The van der Waals surface area contributed by atoms with Gasteiger partial charge in [0.1, 0.15) is 0 Å². The summed E-state index contributed by atoms with van der Waals surface area (Å²) in [5.74, 6) is 0.905.